The lowest BCUT2D eigenvalue weighted by atomic mass is 10.1. The smallest absolute Gasteiger partial charge is 0.123 e. The molecule has 2 N–H and O–H groups in total. The predicted molar refractivity (Wildman–Crippen MR) is 77.1 cm³/mol. The fourth-order valence-electron chi connectivity index (χ4n) is 1.77. The summed E-state index contributed by atoms with van der Waals surface area (Å²) in [5.74, 6) is -0.502. The average molecular weight is 309 g/mol. The van der Waals surface area contributed by atoms with Gasteiger partial charge in [0.05, 0.1) is 38.1 Å². The summed E-state index contributed by atoms with van der Waals surface area (Å²) in [4.78, 5) is 0.308. The van der Waals surface area contributed by atoms with Gasteiger partial charge in [-0.2, -0.15) is 5.26 Å². The van der Waals surface area contributed by atoms with Crippen LogP contribution >= 0.6 is 11.6 Å². The Morgan fingerprint density at radius 2 is 2.10 bits per heavy atom. The van der Waals surface area contributed by atoms with Gasteiger partial charge < -0.3 is 5.73 Å². The van der Waals surface area contributed by atoms with Crippen molar-refractivity contribution in [3.8, 4) is 6.07 Å². The van der Waals surface area contributed by atoms with Crippen molar-refractivity contribution in [2.45, 2.75) is 10.6 Å². The van der Waals surface area contributed by atoms with Crippen LogP contribution in [0, 0.1) is 17.1 Å². The van der Waals surface area contributed by atoms with E-state index >= 15 is 0 Å². The van der Waals surface area contributed by atoms with Crippen molar-refractivity contribution >= 4 is 28.1 Å². The van der Waals surface area contributed by atoms with Gasteiger partial charge in [0.15, 0.2) is 0 Å². The second-order valence-corrected chi connectivity index (χ2v) is 5.86. The first kappa shape index (κ1) is 14.5. The topological polar surface area (TPSA) is 66.9 Å². The number of nitrogens with zero attached hydrogens (tertiary/aromatic N) is 1. The summed E-state index contributed by atoms with van der Waals surface area (Å²) < 4.78 is 25.6. The first-order chi connectivity index (χ1) is 9.52. The average Bonchev–Trinajstić information content (AvgIpc) is 2.38. The summed E-state index contributed by atoms with van der Waals surface area (Å²) in [7, 11) is -1.55. The van der Waals surface area contributed by atoms with Gasteiger partial charge >= 0.3 is 0 Å². The molecule has 0 aliphatic rings. The van der Waals surface area contributed by atoms with Gasteiger partial charge in [-0.05, 0) is 35.9 Å². The van der Waals surface area contributed by atoms with E-state index in [0.29, 0.717) is 21.2 Å². The maximum atomic E-state index is 13.2. The molecule has 0 radical (unpaired) electrons. The Balaban J connectivity index is 2.38. The fraction of sp³-hybridized carbons (Fsp3) is 0.0714. The third-order valence-electron chi connectivity index (χ3n) is 2.70. The number of anilines is 1. The summed E-state index contributed by atoms with van der Waals surface area (Å²) in [5.41, 5.74) is 6.72. The molecule has 0 aromatic heterocycles. The van der Waals surface area contributed by atoms with E-state index in [-0.39, 0.29) is 11.3 Å². The van der Waals surface area contributed by atoms with E-state index in [1.54, 1.807) is 18.2 Å². The van der Waals surface area contributed by atoms with Crippen molar-refractivity contribution in [1.82, 2.24) is 0 Å². The van der Waals surface area contributed by atoms with Gasteiger partial charge in [0, 0.05) is 5.69 Å². The van der Waals surface area contributed by atoms with Crippen LogP contribution in [-0.4, -0.2) is 4.21 Å². The molecule has 0 fully saturated rings. The minimum atomic E-state index is -1.55. The minimum absolute atomic E-state index is 0.0193. The number of nitrogens with two attached hydrogens (primary N) is 1. The molecule has 0 saturated carbocycles. The van der Waals surface area contributed by atoms with Crippen LogP contribution in [0.25, 0.3) is 0 Å². The Bertz CT molecular complexity index is 707. The zero-order valence-corrected chi connectivity index (χ0v) is 11.8. The molecule has 0 saturated heterocycles. The van der Waals surface area contributed by atoms with Crippen molar-refractivity contribution in [2.75, 3.05) is 5.73 Å². The Labute approximate surface area is 123 Å². The lowest BCUT2D eigenvalue weighted by Gasteiger charge is -2.09. The molecule has 20 heavy (non-hydrogen) atoms. The molecule has 2 aromatic carbocycles. The van der Waals surface area contributed by atoms with E-state index in [9.17, 15) is 8.60 Å². The van der Waals surface area contributed by atoms with Gasteiger partial charge in [0.1, 0.15) is 5.82 Å². The summed E-state index contributed by atoms with van der Waals surface area (Å²) >= 11 is 5.98. The second-order valence-electron chi connectivity index (χ2n) is 4.06. The fourth-order valence-corrected chi connectivity index (χ4v) is 3.49. The highest BCUT2D eigenvalue weighted by molar-refractivity contribution is 7.84. The second kappa shape index (κ2) is 6.04. The van der Waals surface area contributed by atoms with Crippen LogP contribution in [0.4, 0.5) is 10.1 Å². The Morgan fingerprint density at radius 1 is 1.35 bits per heavy atom. The van der Waals surface area contributed by atoms with Crippen molar-refractivity contribution in [1.29, 1.82) is 5.26 Å². The van der Waals surface area contributed by atoms with Gasteiger partial charge in [0.2, 0.25) is 0 Å². The molecule has 0 heterocycles. The van der Waals surface area contributed by atoms with E-state index < -0.39 is 16.6 Å². The standard InChI is InChI=1S/C14H10ClFN2OS/c15-12-2-1-3-13(18)14(12)20(19)8-10-6-11(16)5-4-9(10)7-17/h1-6H,8,18H2. The summed E-state index contributed by atoms with van der Waals surface area (Å²) in [6.07, 6.45) is 0. The Morgan fingerprint density at radius 3 is 2.75 bits per heavy atom. The van der Waals surface area contributed by atoms with E-state index in [1.165, 1.54) is 18.2 Å². The summed E-state index contributed by atoms with van der Waals surface area (Å²) in [6, 6.07) is 10.5. The molecular formula is C14H10ClFN2OS. The van der Waals surface area contributed by atoms with Gasteiger partial charge in [-0.15, -0.1) is 0 Å². The van der Waals surface area contributed by atoms with Crippen LogP contribution in [0.5, 0.6) is 0 Å². The molecule has 0 amide bonds. The number of halogens is 2. The Hall–Kier alpha value is -1.90. The number of hydrogen-bond acceptors (Lipinski definition) is 3. The Kier molecular flexibility index (Phi) is 4.38. The zero-order chi connectivity index (χ0) is 14.7. The number of rotatable bonds is 3. The van der Waals surface area contributed by atoms with E-state index in [1.807, 2.05) is 6.07 Å². The third-order valence-corrected chi connectivity index (χ3v) is 4.61. The first-order valence-electron chi connectivity index (χ1n) is 5.64. The molecule has 0 spiro atoms. The maximum absolute atomic E-state index is 13.2. The quantitative estimate of drug-likeness (QED) is 0.885. The number of nitriles is 1. The van der Waals surface area contributed by atoms with Gasteiger partial charge in [-0.25, -0.2) is 4.39 Å². The third kappa shape index (κ3) is 2.98. The molecule has 1 atom stereocenters. The van der Waals surface area contributed by atoms with Crippen LogP contribution in [-0.2, 0) is 16.6 Å². The molecule has 0 aliphatic heterocycles. The lowest BCUT2D eigenvalue weighted by molar-refractivity contribution is 0.626. The normalized spacial score (nSPS) is 11.8. The SMILES string of the molecule is N#Cc1ccc(F)cc1CS(=O)c1c(N)cccc1Cl. The molecule has 2 aromatic rings. The first-order valence-corrected chi connectivity index (χ1v) is 7.33. The highest BCUT2D eigenvalue weighted by atomic mass is 35.5. The van der Waals surface area contributed by atoms with Crippen LogP contribution in [0.15, 0.2) is 41.3 Å². The van der Waals surface area contributed by atoms with Crippen molar-refractivity contribution in [2.24, 2.45) is 0 Å². The largest absolute Gasteiger partial charge is 0.398 e. The minimum Gasteiger partial charge on any atom is -0.398 e. The molecule has 1 unspecified atom stereocenters. The van der Waals surface area contributed by atoms with Crippen molar-refractivity contribution in [3.63, 3.8) is 0 Å². The molecular weight excluding hydrogens is 299 g/mol. The molecule has 6 heteroatoms. The van der Waals surface area contributed by atoms with Gasteiger partial charge in [0.25, 0.3) is 0 Å². The molecule has 0 bridgehead atoms. The van der Waals surface area contributed by atoms with Crippen LogP contribution < -0.4 is 5.73 Å². The van der Waals surface area contributed by atoms with Crippen LogP contribution in [0.1, 0.15) is 11.1 Å². The number of benzene rings is 2. The maximum Gasteiger partial charge on any atom is 0.123 e. The summed E-state index contributed by atoms with van der Waals surface area (Å²) in [5, 5.41) is 9.27. The van der Waals surface area contributed by atoms with E-state index in [0.717, 1.165) is 0 Å². The van der Waals surface area contributed by atoms with Crippen LogP contribution in [0.2, 0.25) is 5.02 Å². The van der Waals surface area contributed by atoms with E-state index in [4.69, 9.17) is 22.6 Å². The highest BCUT2D eigenvalue weighted by Gasteiger charge is 2.15. The van der Waals surface area contributed by atoms with E-state index in [2.05, 4.69) is 0 Å². The molecule has 3 nitrogen and oxygen atoms in total. The number of hydrogen-bond donors (Lipinski definition) is 1. The van der Waals surface area contributed by atoms with Crippen molar-refractivity contribution in [3.05, 3.63) is 58.4 Å². The molecule has 2 rings (SSSR count). The highest BCUT2D eigenvalue weighted by Crippen LogP contribution is 2.28. The van der Waals surface area contributed by atoms with Crippen LogP contribution in [0.3, 0.4) is 0 Å². The monoisotopic (exact) mass is 308 g/mol. The van der Waals surface area contributed by atoms with Crippen molar-refractivity contribution < 1.29 is 8.60 Å². The number of nitrogen functional groups attached to an aromatic ring is 1. The summed E-state index contributed by atoms with van der Waals surface area (Å²) in [6.45, 7) is 0. The molecule has 102 valence electrons. The predicted octanol–water partition coefficient (Wildman–Crippen LogP) is 3.24. The van der Waals surface area contributed by atoms with Gasteiger partial charge in [-0.3, -0.25) is 4.21 Å². The van der Waals surface area contributed by atoms with Gasteiger partial charge in [-0.1, -0.05) is 17.7 Å². The zero-order valence-electron chi connectivity index (χ0n) is 10.3. The molecule has 0 aliphatic carbocycles. The lowest BCUT2D eigenvalue weighted by Crippen LogP contribution is -2.03.